The molecule has 0 amide bonds. The van der Waals surface area contributed by atoms with Crippen molar-refractivity contribution in [3.63, 3.8) is 0 Å². The molecule has 1 aliphatic carbocycles. The molecule has 1 unspecified atom stereocenters. The van der Waals surface area contributed by atoms with E-state index in [2.05, 4.69) is 0 Å². The Bertz CT molecular complexity index is 218. The summed E-state index contributed by atoms with van der Waals surface area (Å²) in [6.07, 6.45) is 0.890. The number of nitrogens with two attached hydrogens (primary N) is 1. The Morgan fingerprint density at radius 3 is 3.00 bits per heavy atom. The summed E-state index contributed by atoms with van der Waals surface area (Å²) in [5.41, 5.74) is 5.45. The average Bonchev–Trinajstić information content (AvgIpc) is 2.29. The molecule has 0 radical (unpaired) electrons. The highest BCUT2D eigenvalue weighted by Gasteiger charge is 2.54. The molecule has 0 bridgehead atoms. The lowest BCUT2D eigenvalue weighted by Gasteiger charge is -2.47. The molecule has 0 aromatic heterocycles. The van der Waals surface area contributed by atoms with Gasteiger partial charge in [0.05, 0.1) is 13.0 Å². The van der Waals surface area contributed by atoms with E-state index >= 15 is 0 Å². The number of fused-ring (bicyclic) bond motifs is 1. The Hall–Kier alpha value is -0.610. The van der Waals surface area contributed by atoms with Crippen molar-refractivity contribution in [3.8, 4) is 0 Å². The second-order valence-corrected chi connectivity index (χ2v) is 3.91. The van der Waals surface area contributed by atoms with Gasteiger partial charge in [-0.3, -0.25) is 4.79 Å². The van der Waals surface area contributed by atoms with Gasteiger partial charge < -0.3 is 15.6 Å². The first-order chi connectivity index (χ1) is 5.62. The zero-order valence-electron chi connectivity index (χ0n) is 6.82. The molecule has 12 heavy (non-hydrogen) atoms. The predicted molar refractivity (Wildman–Crippen MR) is 41.6 cm³/mol. The minimum atomic E-state index is -0.803. The first-order valence-corrected chi connectivity index (χ1v) is 4.20. The van der Waals surface area contributed by atoms with Crippen molar-refractivity contribution in [2.45, 2.75) is 18.4 Å². The van der Waals surface area contributed by atoms with Crippen molar-refractivity contribution in [1.82, 2.24) is 0 Å². The van der Waals surface area contributed by atoms with Crippen molar-refractivity contribution in [1.29, 1.82) is 0 Å². The van der Waals surface area contributed by atoms with Crippen LogP contribution in [0.1, 0.15) is 12.8 Å². The third-order valence-corrected chi connectivity index (χ3v) is 3.06. The van der Waals surface area contributed by atoms with Crippen LogP contribution >= 0.6 is 0 Å². The molecule has 1 heterocycles. The summed E-state index contributed by atoms with van der Waals surface area (Å²) in [5, 5.41) is 8.61. The molecule has 68 valence electrons. The standard InChI is InChI=1S/C8H13NO3/c9-8(2-7(10)11)1-5-3-12-4-6(5)8/h5-6H,1-4,9H2,(H,10,11)/t5-,6+,8?/m0/s1. The number of hydrogen-bond acceptors (Lipinski definition) is 3. The first kappa shape index (κ1) is 8.01. The van der Waals surface area contributed by atoms with Gasteiger partial charge in [0.25, 0.3) is 0 Å². The fourth-order valence-electron chi connectivity index (χ4n) is 2.40. The average molecular weight is 171 g/mol. The van der Waals surface area contributed by atoms with E-state index in [0.717, 1.165) is 13.0 Å². The van der Waals surface area contributed by atoms with Crippen LogP contribution in [0.4, 0.5) is 0 Å². The number of ether oxygens (including phenoxy) is 1. The maximum Gasteiger partial charge on any atom is 0.305 e. The molecule has 1 saturated carbocycles. The van der Waals surface area contributed by atoms with Gasteiger partial charge in [-0.1, -0.05) is 0 Å². The summed E-state index contributed by atoms with van der Waals surface area (Å²) >= 11 is 0. The summed E-state index contributed by atoms with van der Waals surface area (Å²) in [6.45, 7) is 1.41. The summed E-state index contributed by atoms with van der Waals surface area (Å²) < 4.78 is 5.24. The van der Waals surface area contributed by atoms with Crippen LogP contribution in [0.5, 0.6) is 0 Å². The molecule has 4 heteroatoms. The molecule has 2 rings (SSSR count). The van der Waals surface area contributed by atoms with E-state index in [-0.39, 0.29) is 12.3 Å². The Balaban J connectivity index is 2.00. The molecule has 1 aliphatic heterocycles. The third-order valence-electron chi connectivity index (χ3n) is 3.06. The summed E-state index contributed by atoms with van der Waals surface area (Å²) in [5.74, 6) is 0.00537. The lowest BCUT2D eigenvalue weighted by molar-refractivity contribution is -0.140. The molecule has 0 spiro atoms. The summed E-state index contributed by atoms with van der Waals surface area (Å²) in [6, 6.07) is 0. The molecule has 2 aliphatic rings. The highest BCUT2D eigenvalue weighted by Crippen LogP contribution is 2.47. The van der Waals surface area contributed by atoms with Crippen molar-refractivity contribution >= 4 is 5.97 Å². The van der Waals surface area contributed by atoms with Gasteiger partial charge >= 0.3 is 5.97 Å². The van der Waals surface area contributed by atoms with Crippen LogP contribution in [0, 0.1) is 11.8 Å². The van der Waals surface area contributed by atoms with E-state index < -0.39 is 11.5 Å². The topological polar surface area (TPSA) is 72.6 Å². The Morgan fingerprint density at radius 2 is 2.42 bits per heavy atom. The molecule has 1 saturated heterocycles. The summed E-state index contributed by atoms with van der Waals surface area (Å²) in [7, 11) is 0. The molecule has 3 N–H and O–H groups in total. The number of rotatable bonds is 2. The molecular formula is C8H13NO3. The van der Waals surface area contributed by atoms with Gasteiger partial charge in [-0.15, -0.1) is 0 Å². The zero-order valence-corrected chi connectivity index (χ0v) is 6.82. The van der Waals surface area contributed by atoms with Crippen LogP contribution in [-0.4, -0.2) is 29.8 Å². The first-order valence-electron chi connectivity index (χ1n) is 4.20. The number of hydrogen-bond donors (Lipinski definition) is 2. The predicted octanol–water partition coefficient (Wildman–Crippen LogP) is -0.175. The van der Waals surface area contributed by atoms with Crippen molar-refractivity contribution in [2.75, 3.05) is 13.2 Å². The van der Waals surface area contributed by atoms with E-state index in [0.29, 0.717) is 12.5 Å². The number of carboxylic acid groups (broad SMARTS) is 1. The van der Waals surface area contributed by atoms with Gasteiger partial charge in [0.2, 0.25) is 0 Å². The van der Waals surface area contributed by atoms with Crippen molar-refractivity contribution < 1.29 is 14.6 Å². The Kier molecular flexibility index (Phi) is 1.63. The van der Waals surface area contributed by atoms with Gasteiger partial charge in [0.1, 0.15) is 0 Å². The van der Waals surface area contributed by atoms with Crippen molar-refractivity contribution in [2.24, 2.45) is 17.6 Å². The fraction of sp³-hybridized carbons (Fsp3) is 0.875. The van der Waals surface area contributed by atoms with Crippen molar-refractivity contribution in [3.05, 3.63) is 0 Å². The molecular weight excluding hydrogens is 158 g/mol. The molecule has 0 aromatic carbocycles. The van der Waals surface area contributed by atoms with Gasteiger partial charge in [0.15, 0.2) is 0 Å². The third kappa shape index (κ3) is 1.03. The van der Waals surface area contributed by atoms with E-state index in [1.54, 1.807) is 0 Å². The zero-order chi connectivity index (χ0) is 8.77. The van der Waals surface area contributed by atoms with Gasteiger partial charge in [-0.05, 0) is 12.3 Å². The lowest BCUT2D eigenvalue weighted by Crippen LogP contribution is -2.61. The number of aliphatic carboxylic acids is 1. The molecule has 2 fully saturated rings. The van der Waals surface area contributed by atoms with Crippen LogP contribution in [0.3, 0.4) is 0 Å². The second kappa shape index (κ2) is 2.44. The Morgan fingerprint density at radius 1 is 1.67 bits per heavy atom. The van der Waals surface area contributed by atoms with E-state index in [1.165, 1.54) is 0 Å². The Labute approximate surface area is 70.7 Å². The highest BCUT2D eigenvalue weighted by atomic mass is 16.5. The van der Waals surface area contributed by atoms with Crippen LogP contribution in [0.25, 0.3) is 0 Å². The highest BCUT2D eigenvalue weighted by molar-refractivity contribution is 5.68. The van der Waals surface area contributed by atoms with Crippen LogP contribution in [0.15, 0.2) is 0 Å². The van der Waals surface area contributed by atoms with E-state index in [1.807, 2.05) is 0 Å². The summed E-state index contributed by atoms with van der Waals surface area (Å²) in [4.78, 5) is 10.5. The fourth-order valence-corrected chi connectivity index (χ4v) is 2.40. The van der Waals surface area contributed by atoms with E-state index in [9.17, 15) is 4.79 Å². The smallest absolute Gasteiger partial charge is 0.305 e. The van der Waals surface area contributed by atoms with Crippen LogP contribution in [0.2, 0.25) is 0 Å². The number of carboxylic acids is 1. The minimum absolute atomic E-state index is 0.0809. The van der Waals surface area contributed by atoms with Crippen LogP contribution < -0.4 is 5.73 Å². The van der Waals surface area contributed by atoms with Crippen LogP contribution in [-0.2, 0) is 9.53 Å². The molecule has 3 atom stereocenters. The van der Waals surface area contributed by atoms with Gasteiger partial charge in [0, 0.05) is 18.1 Å². The largest absolute Gasteiger partial charge is 0.481 e. The monoisotopic (exact) mass is 171 g/mol. The second-order valence-electron chi connectivity index (χ2n) is 3.91. The normalized spacial score (nSPS) is 45.1. The quantitative estimate of drug-likeness (QED) is 0.604. The molecule has 4 nitrogen and oxygen atoms in total. The van der Waals surface area contributed by atoms with E-state index in [4.69, 9.17) is 15.6 Å². The maximum atomic E-state index is 10.5. The number of carbonyl (C=O) groups is 1. The minimum Gasteiger partial charge on any atom is -0.481 e. The SMILES string of the molecule is NC1(CC(=O)O)C[C@H]2COC[C@H]21. The lowest BCUT2D eigenvalue weighted by atomic mass is 9.60. The van der Waals surface area contributed by atoms with Gasteiger partial charge in [-0.2, -0.15) is 0 Å². The maximum absolute atomic E-state index is 10.5. The van der Waals surface area contributed by atoms with Gasteiger partial charge in [-0.25, -0.2) is 0 Å². The molecule has 0 aromatic rings.